The van der Waals surface area contributed by atoms with Crippen LogP contribution in [-0.4, -0.2) is 16.2 Å². The SMILES string of the molecule is O=C1OCc2cc(O)c(Cl)cc2-c2ccc(O)cc21. The number of carbonyl (C=O) groups excluding carboxylic acids is 1. The highest BCUT2D eigenvalue weighted by atomic mass is 35.5. The number of esters is 1. The molecular weight excluding hydrogens is 268 g/mol. The van der Waals surface area contributed by atoms with E-state index in [2.05, 4.69) is 0 Å². The minimum atomic E-state index is -0.516. The van der Waals surface area contributed by atoms with Crippen molar-refractivity contribution in [1.82, 2.24) is 0 Å². The highest BCUT2D eigenvalue weighted by Gasteiger charge is 2.23. The van der Waals surface area contributed by atoms with Crippen LogP contribution >= 0.6 is 11.6 Å². The van der Waals surface area contributed by atoms with Crippen molar-refractivity contribution in [1.29, 1.82) is 0 Å². The Labute approximate surface area is 113 Å². The lowest BCUT2D eigenvalue weighted by Gasteiger charge is -2.09. The molecule has 0 radical (unpaired) electrons. The molecule has 1 aliphatic heterocycles. The average molecular weight is 277 g/mol. The molecule has 2 aromatic rings. The van der Waals surface area contributed by atoms with Crippen molar-refractivity contribution < 1.29 is 19.7 Å². The Bertz CT molecular complexity index is 694. The summed E-state index contributed by atoms with van der Waals surface area (Å²) < 4.78 is 5.10. The Morgan fingerprint density at radius 3 is 2.63 bits per heavy atom. The first-order chi connectivity index (χ1) is 9.06. The van der Waals surface area contributed by atoms with Gasteiger partial charge in [-0.1, -0.05) is 11.6 Å². The lowest BCUT2D eigenvalue weighted by atomic mass is 9.96. The molecule has 0 amide bonds. The van der Waals surface area contributed by atoms with E-state index in [9.17, 15) is 15.0 Å². The number of fused-ring (bicyclic) bond motifs is 3. The Balaban J connectivity index is 2.32. The number of rotatable bonds is 0. The minimum Gasteiger partial charge on any atom is -0.508 e. The fourth-order valence-corrected chi connectivity index (χ4v) is 2.30. The van der Waals surface area contributed by atoms with Gasteiger partial charge in [0.15, 0.2) is 0 Å². The van der Waals surface area contributed by atoms with Gasteiger partial charge in [0.25, 0.3) is 0 Å². The molecule has 0 atom stereocenters. The average Bonchev–Trinajstić information content (AvgIpc) is 2.50. The largest absolute Gasteiger partial charge is 0.508 e. The summed E-state index contributed by atoms with van der Waals surface area (Å²) in [7, 11) is 0. The van der Waals surface area contributed by atoms with Crippen molar-refractivity contribution in [2.75, 3.05) is 0 Å². The molecule has 3 rings (SSSR count). The third kappa shape index (κ3) is 1.90. The van der Waals surface area contributed by atoms with E-state index in [4.69, 9.17) is 16.3 Å². The van der Waals surface area contributed by atoms with E-state index < -0.39 is 5.97 Å². The topological polar surface area (TPSA) is 66.8 Å². The van der Waals surface area contributed by atoms with Gasteiger partial charge >= 0.3 is 5.97 Å². The molecule has 0 saturated heterocycles. The van der Waals surface area contributed by atoms with Gasteiger partial charge in [0.05, 0.1) is 10.6 Å². The van der Waals surface area contributed by atoms with E-state index in [1.165, 1.54) is 18.2 Å². The summed E-state index contributed by atoms with van der Waals surface area (Å²) in [5.74, 6) is -0.583. The fraction of sp³-hybridized carbons (Fsp3) is 0.0714. The number of ether oxygens (including phenoxy) is 1. The van der Waals surface area contributed by atoms with E-state index in [0.29, 0.717) is 16.7 Å². The summed E-state index contributed by atoms with van der Waals surface area (Å²) in [4.78, 5) is 11.9. The van der Waals surface area contributed by atoms with Crippen molar-refractivity contribution in [3.05, 3.63) is 46.5 Å². The van der Waals surface area contributed by atoms with E-state index in [-0.39, 0.29) is 28.7 Å². The molecule has 96 valence electrons. The van der Waals surface area contributed by atoms with Gasteiger partial charge in [-0.2, -0.15) is 0 Å². The second kappa shape index (κ2) is 4.17. The Kier molecular flexibility index (Phi) is 2.61. The molecule has 2 aromatic carbocycles. The molecule has 0 unspecified atom stereocenters. The first kappa shape index (κ1) is 11.9. The zero-order valence-corrected chi connectivity index (χ0v) is 10.4. The molecule has 0 saturated carbocycles. The third-order valence-corrected chi connectivity index (χ3v) is 3.35. The highest BCUT2D eigenvalue weighted by molar-refractivity contribution is 6.32. The number of hydrogen-bond donors (Lipinski definition) is 2. The van der Waals surface area contributed by atoms with Gasteiger partial charge in [-0.05, 0) is 41.5 Å². The molecule has 0 bridgehead atoms. The highest BCUT2D eigenvalue weighted by Crippen LogP contribution is 2.38. The number of aromatic hydroxyl groups is 2. The van der Waals surface area contributed by atoms with Crippen LogP contribution in [0.1, 0.15) is 15.9 Å². The van der Waals surface area contributed by atoms with Gasteiger partial charge in [-0.25, -0.2) is 4.79 Å². The van der Waals surface area contributed by atoms with Crippen molar-refractivity contribution in [2.24, 2.45) is 0 Å². The zero-order chi connectivity index (χ0) is 13.6. The molecule has 5 heteroatoms. The van der Waals surface area contributed by atoms with Gasteiger partial charge in [-0.3, -0.25) is 0 Å². The standard InChI is InChI=1S/C14H9ClO4/c15-12-5-10-7(3-13(12)17)6-19-14(18)11-4-8(16)1-2-9(10)11/h1-5,16-17H,6H2. The van der Waals surface area contributed by atoms with Gasteiger partial charge in [-0.15, -0.1) is 0 Å². The van der Waals surface area contributed by atoms with Gasteiger partial charge in [0, 0.05) is 5.56 Å². The van der Waals surface area contributed by atoms with Crippen LogP contribution in [0.25, 0.3) is 11.1 Å². The smallest absolute Gasteiger partial charge is 0.339 e. The molecule has 0 fully saturated rings. The van der Waals surface area contributed by atoms with Crippen molar-refractivity contribution in [2.45, 2.75) is 6.61 Å². The molecule has 1 aliphatic rings. The second-order valence-electron chi connectivity index (χ2n) is 4.27. The van der Waals surface area contributed by atoms with Gasteiger partial charge in [0.1, 0.15) is 18.1 Å². The maximum absolute atomic E-state index is 11.9. The number of phenolic OH excluding ortho intramolecular Hbond substituents is 2. The predicted octanol–water partition coefficient (Wildman–Crippen LogP) is 3.09. The maximum Gasteiger partial charge on any atom is 0.339 e. The summed E-state index contributed by atoms with van der Waals surface area (Å²) in [6, 6.07) is 7.54. The van der Waals surface area contributed by atoms with Gasteiger partial charge in [0.2, 0.25) is 0 Å². The summed E-state index contributed by atoms with van der Waals surface area (Å²) >= 11 is 5.91. The van der Waals surface area contributed by atoms with Crippen LogP contribution in [0.5, 0.6) is 11.5 Å². The maximum atomic E-state index is 11.9. The third-order valence-electron chi connectivity index (χ3n) is 3.04. The predicted molar refractivity (Wildman–Crippen MR) is 69.3 cm³/mol. The molecule has 2 N–H and O–H groups in total. The van der Waals surface area contributed by atoms with Crippen LogP contribution in [0.15, 0.2) is 30.3 Å². The molecule has 19 heavy (non-hydrogen) atoms. The Hall–Kier alpha value is -2.20. The molecule has 0 spiro atoms. The lowest BCUT2D eigenvalue weighted by Crippen LogP contribution is -2.02. The molecular formula is C14H9ClO4. The molecule has 4 nitrogen and oxygen atoms in total. The Morgan fingerprint density at radius 1 is 1.05 bits per heavy atom. The second-order valence-corrected chi connectivity index (χ2v) is 4.67. The normalized spacial score (nSPS) is 13.2. The van der Waals surface area contributed by atoms with E-state index >= 15 is 0 Å². The minimum absolute atomic E-state index is 0.0102. The van der Waals surface area contributed by atoms with Crippen molar-refractivity contribution in [3.8, 4) is 22.6 Å². The molecule has 0 aliphatic carbocycles. The van der Waals surface area contributed by atoms with E-state index in [1.54, 1.807) is 12.1 Å². The van der Waals surface area contributed by atoms with E-state index in [1.807, 2.05) is 0 Å². The van der Waals surface area contributed by atoms with Crippen LogP contribution in [-0.2, 0) is 11.3 Å². The summed E-state index contributed by atoms with van der Waals surface area (Å²) in [5.41, 5.74) is 2.28. The van der Waals surface area contributed by atoms with Gasteiger partial charge < -0.3 is 14.9 Å². The van der Waals surface area contributed by atoms with Crippen LogP contribution < -0.4 is 0 Å². The fourth-order valence-electron chi connectivity index (χ4n) is 2.13. The number of carbonyl (C=O) groups is 1. The van der Waals surface area contributed by atoms with Crippen molar-refractivity contribution in [3.63, 3.8) is 0 Å². The first-order valence-corrected chi connectivity index (χ1v) is 5.96. The Morgan fingerprint density at radius 2 is 1.84 bits per heavy atom. The molecule has 1 heterocycles. The summed E-state index contributed by atoms with van der Waals surface area (Å²) in [5, 5.41) is 19.3. The van der Waals surface area contributed by atoms with E-state index in [0.717, 1.165) is 0 Å². The number of phenols is 2. The van der Waals surface area contributed by atoms with Crippen LogP contribution in [0.3, 0.4) is 0 Å². The quantitative estimate of drug-likeness (QED) is 0.726. The number of hydrogen-bond acceptors (Lipinski definition) is 4. The first-order valence-electron chi connectivity index (χ1n) is 5.58. The lowest BCUT2D eigenvalue weighted by molar-refractivity contribution is 0.0478. The number of benzene rings is 2. The van der Waals surface area contributed by atoms with Crippen molar-refractivity contribution >= 4 is 17.6 Å². The summed E-state index contributed by atoms with van der Waals surface area (Å²) in [6.45, 7) is 0.0499. The number of halogens is 1. The number of cyclic esters (lactones) is 1. The van der Waals surface area contributed by atoms with Crippen LogP contribution in [0, 0.1) is 0 Å². The monoisotopic (exact) mass is 276 g/mol. The van der Waals surface area contributed by atoms with Crippen LogP contribution in [0.2, 0.25) is 5.02 Å². The molecule has 0 aromatic heterocycles. The van der Waals surface area contributed by atoms with Crippen LogP contribution in [0.4, 0.5) is 0 Å². The summed E-state index contributed by atoms with van der Waals surface area (Å²) in [6.07, 6.45) is 0. The zero-order valence-electron chi connectivity index (χ0n) is 9.68.